The highest BCUT2D eigenvalue weighted by molar-refractivity contribution is 5.71. The van der Waals surface area contributed by atoms with Crippen molar-refractivity contribution < 1.29 is 9.90 Å². The van der Waals surface area contributed by atoms with Crippen molar-refractivity contribution >= 4 is 5.97 Å². The summed E-state index contributed by atoms with van der Waals surface area (Å²) < 4.78 is 1.43. The number of aryl methyl sites for hydroxylation is 1. The van der Waals surface area contributed by atoms with Crippen LogP contribution in [-0.2, 0) is 4.79 Å². The number of nitrogens with zero attached hydrogens (tertiary/aromatic N) is 2. The summed E-state index contributed by atoms with van der Waals surface area (Å²) in [7, 11) is 0. The smallest absolute Gasteiger partial charge is 0.328 e. The molecule has 4 nitrogen and oxygen atoms in total. The molecule has 0 saturated heterocycles. The van der Waals surface area contributed by atoms with E-state index < -0.39 is 12.0 Å². The highest BCUT2D eigenvalue weighted by Crippen LogP contribution is 2.04. The molecule has 4 heteroatoms. The zero-order valence-electron chi connectivity index (χ0n) is 6.48. The second-order valence-electron chi connectivity index (χ2n) is 2.51. The first kappa shape index (κ1) is 7.78. The lowest BCUT2D eigenvalue weighted by Gasteiger charge is -2.04. The minimum absolute atomic E-state index is 0.580. The van der Waals surface area contributed by atoms with Crippen molar-refractivity contribution in [1.29, 1.82) is 0 Å². The Bertz CT molecular complexity index is 267. The van der Waals surface area contributed by atoms with Crippen LogP contribution in [0, 0.1) is 6.92 Å². The van der Waals surface area contributed by atoms with Gasteiger partial charge in [-0.15, -0.1) is 0 Å². The highest BCUT2D eigenvalue weighted by Gasteiger charge is 2.12. The SMILES string of the molecule is Cc1cnn(C(C)C(=O)O)c1. The average molecular weight is 154 g/mol. The molecule has 60 valence electrons. The van der Waals surface area contributed by atoms with Crippen LogP contribution < -0.4 is 0 Å². The molecular formula is C7H10N2O2. The summed E-state index contributed by atoms with van der Waals surface area (Å²) in [5.41, 5.74) is 0.970. The van der Waals surface area contributed by atoms with Gasteiger partial charge in [0, 0.05) is 6.20 Å². The maximum Gasteiger partial charge on any atom is 0.328 e. The largest absolute Gasteiger partial charge is 0.480 e. The molecule has 1 heterocycles. The first-order chi connectivity index (χ1) is 5.11. The summed E-state index contributed by atoms with van der Waals surface area (Å²) in [5.74, 6) is -0.867. The Labute approximate surface area is 64.5 Å². The van der Waals surface area contributed by atoms with E-state index >= 15 is 0 Å². The summed E-state index contributed by atoms with van der Waals surface area (Å²) in [5, 5.41) is 12.5. The van der Waals surface area contributed by atoms with Crippen LogP contribution in [0.25, 0.3) is 0 Å². The van der Waals surface area contributed by atoms with E-state index in [-0.39, 0.29) is 0 Å². The molecule has 11 heavy (non-hydrogen) atoms. The fourth-order valence-corrected chi connectivity index (χ4v) is 0.758. The molecule has 0 fully saturated rings. The van der Waals surface area contributed by atoms with Crippen LogP contribution in [0.1, 0.15) is 18.5 Å². The predicted octanol–water partition coefficient (Wildman–Crippen LogP) is 0.837. The van der Waals surface area contributed by atoms with E-state index in [1.807, 2.05) is 6.92 Å². The number of carboxylic acid groups (broad SMARTS) is 1. The van der Waals surface area contributed by atoms with Crippen molar-refractivity contribution in [2.75, 3.05) is 0 Å². The minimum Gasteiger partial charge on any atom is -0.480 e. The Balaban J connectivity index is 2.84. The predicted molar refractivity (Wildman–Crippen MR) is 39.3 cm³/mol. The summed E-state index contributed by atoms with van der Waals surface area (Å²) in [6.07, 6.45) is 3.35. The molecule has 1 unspecified atom stereocenters. The highest BCUT2D eigenvalue weighted by atomic mass is 16.4. The minimum atomic E-state index is -0.867. The Hall–Kier alpha value is -1.32. The van der Waals surface area contributed by atoms with Gasteiger partial charge < -0.3 is 5.11 Å². The van der Waals surface area contributed by atoms with Gasteiger partial charge >= 0.3 is 5.97 Å². The fraction of sp³-hybridized carbons (Fsp3) is 0.429. The number of hydrogen-bond donors (Lipinski definition) is 1. The van der Waals surface area contributed by atoms with Gasteiger partial charge in [-0.25, -0.2) is 4.79 Å². The standard InChI is InChI=1S/C7H10N2O2/c1-5-3-8-9(4-5)6(2)7(10)11/h3-4,6H,1-2H3,(H,10,11). The molecule has 0 radical (unpaired) electrons. The van der Waals surface area contributed by atoms with Gasteiger partial charge in [0.05, 0.1) is 6.20 Å². The van der Waals surface area contributed by atoms with Crippen LogP contribution in [0.3, 0.4) is 0 Å². The number of aliphatic carboxylic acids is 1. The van der Waals surface area contributed by atoms with Gasteiger partial charge in [-0.05, 0) is 19.4 Å². The molecule has 1 rings (SSSR count). The van der Waals surface area contributed by atoms with Crippen molar-refractivity contribution in [3.05, 3.63) is 18.0 Å². The van der Waals surface area contributed by atoms with E-state index in [2.05, 4.69) is 5.10 Å². The van der Waals surface area contributed by atoms with Crippen LogP contribution in [0.5, 0.6) is 0 Å². The lowest BCUT2D eigenvalue weighted by Crippen LogP contribution is -2.15. The van der Waals surface area contributed by atoms with Crippen molar-refractivity contribution in [1.82, 2.24) is 9.78 Å². The van der Waals surface area contributed by atoms with Gasteiger partial charge in [0.25, 0.3) is 0 Å². The quantitative estimate of drug-likeness (QED) is 0.686. The number of rotatable bonds is 2. The average Bonchev–Trinajstić information content (AvgIpc) is 2.34. The molecule has 1 aromatic rings. The summed E-state index contributed by atoms with van der Waals surface area (Å²) in [6.45, 7) is 3.47. The lowest BCUT2D eigenvalue weighted by molar-refractivity contribution is -0.140. The first-order valence-corrected chi connectivity index (χ1v) is 3.35. The molecule has 0 aliphatic rings. The van der Waals surface area contributed by atoms with E-state index in [0.717, 1.165) is 5.56 Å². The molecule has 0 amide bonds. The maximum absolute atomic E-state index is 10.4. The van der Waals surface area contributed by atoms with Gasteiger partial charge in [-0.2, -0.15) is 5.10 Å². The molecule has 0 aliphatic heterocycles. The van der Waals surface area contributed by atoms with E-state index in [1.165, 1.54) is 4.68 Å². The normalized spacial score (nSPS) is 12.9. The summed E-state index contributed by atoms with van der Waals surface area (Å²) in [6, 6.07) is -0.580. The second-order valence-corrected chi connectivity index (χ2v) is 2.51. The summed E-state index contributed by atoms with van der Waals surface area (Å²) >= 11 is 0. The van der Waals surface area contributed by atoms with E-state index in [9.17, 15) is 4.79 Å². The molecule has 1 N–H and O–H groups in total. The maximum atomic E-state index is 10.4. The summed E-state index contributed by atoms with van der Waals surface area (Å²) in [4.78, 5) is 10.4. The van der Waals surface area contributed by atoms with Crippen LogP contribution in [0.2, 0.25) is 0 Å². The third-order valence-electron chi connectivity index (χ3n) is 1.48. The third-order valence-corrected chi connectivity index (χ3v) is 1.48. The van der Waals surface area contributed by atoms with E-state index in [1.54, 1.807) is 19.3 Å². The first-order valence-electron chi connectivity index (χ1n) is 3.35. The molecule has 1 atom stereocenters. The van der Waals surface area contributed by atoms with Crippen molar-refractivity contribution in [3.63, 3.8) is 0 Å². The lowest BCUT2D eigenvalue weighted by atomic mass is 10.3. The van der Waals surface area contributed by atoms with Crippen LogP contribution >= 0.6 is 0 Å². The number of hydrogen-bond acceptors (Lipinski definition) is 2. The zero-order valence-corrected chi connectivity index (χ0v) is 6.48. The van der Waals surface area contributed by atoms with Gasteiger partial charge in [-0.1, -0.05) is 0 Å². The second kappa shape index (κ2) is 2.74. The molecule has 0 saturated carbocycles. The number of carbonyl (C=O) groups is 1. The third kappa shape index (κ3) is 1.58. The monoisotopic (exact) mass is 154 g/mol. The molecule has 0 bridgehead atoms. The van der Waals surface area contributed by atoms with Gasteiger partial charge in [0.2, 0.25) is 0 Å². The number of aromatic nitrogens is 2. The van der Waals surface area contributed by atoms with E-state index in [0.29, 0.717) is 0 Å². The number of carboxylic acids is 1. The Morgan fingerprint density at radius 2 is 2.45 bits per heavy atom. The fourth-order valence-electron chi connectivity index (χ4n) is 0.758. The topological polar surface area (TPSA) is 55.1 Å². The molecule has 0 aliphatic carbocycles. The van der Waals surface area contributed by atoms with Crippen LogP contribution in [0.15, 0.2) is 12.4 Å². The van der Waals surface area contributed by atoms with Crippen molar-refractivity contribution in [2.45, 2.75) is 19.9 Å². The van der Waals surface area contributed by atoms with Crippen LogP contribution in [0.4, 0.5) is 0 Å². The molecule has 0 spiro atoms. The van der Waals surface area contributed by atoms with Gasteiger partial charge in [-0.3, -0.25) is 4.68 Å². The Kier molecular flexibility index (Phi) is 1.94. The molecule has 0 aromatic carbocycles. The Morgan fingerprint density at radius 1 is 1.82 bits per heavy atom. The van der Waals surface area contributed by atoms with Gasteiger partial charge in [0.1, 0.15) is 6.04 Å². The molecular weight excluding hydrogens is 144 g/mol. The van der Waals surface area contributed by atoms with Crippen molar-refractivity contribution in [2.24, 2.45) is 0 Å². The van der Waals surface area contributed by atoms with Crippen molar-refractivity contribution in [3.8, 4) is 0 Å². The van der Waals surface area contributed by atoms with E-state index in [4.69, 9.17) is 5.11 Å². The van der Waals surface area contributed by atoms with Crippen LogP contribution in [-0.4, -0.2) is 20.9 Å². The zero-order chi connectivity index (χ0) is 8.43. The Morgan fingerprint density at radius 3 is 2.82 bits per heavy atom. The van der Waals surface area contributed by atoms with Gasteiger partial charge in [0.15, 0.2) is 0 Å². The molecule has 1 aromatic heterocycles.